The molecule has 21 heavy (non-hydrogen) atoms. The zero-order valence-corrected chi connectivity index (χ0v) is 12.6. The first-order chi connectivity index (χ1) is 10.1. The van der Waals surface area contributed by atoms with Gasteiger partial charge in [-0.05, 0) is 49.7 Å². The maximum atomic E-state index is 12.1. The molecule has 0 aliphatic heterocycles. The second-order valence-corrected chi connectivity index (χ2v) is 4.95. The average Bonchev–Trinajstić information content (AvgIpc) is 2.48. The second-order valence-electron chi connectivity index (χ2n) is 4.54. The van der Waals surface area contributed by atoms with Gasteiger partial charge in [0.2, 0.25) is 0 Å². The normalized spacial score (nSPS) is 10.2. The van der Waals surface area contributed by atoms with E-state index in [0.29, 0.717) is 12.3 Å². The zero-order valence-electron chi connectivity index (χ0n) is 11.9. The lowest BCUT2D eigenvalue weighted by Crippen LogP contribution is -2.21. The van der Waals surface area contributed by atoms with Crippen molar-refractivity contribution in [2.24, 2.45) is 0 Å². The van der Waals surface area contributed by atoms with Crippen LogP contribution in [-0.4, -0.2) is 11.2 Å². The minimum absolute atomic E-state index is 0.0133. The Bertz CT molecular complexity index is 760. The molecule has 0 N–H and O–H groups in total. The highest BCUT2D eigenvalue weighted by Gasteiger charge is 2.11. The van der Waals surface area contributed by atoms with Crippen molar-refractivity contribution in [1.82, 2.24) is 4.57 Å². The highest BCUT2D eigenvalue weighted by molar-refractivity contribution is 6.30. The van der Waals surface area contributed by atoms with E-state index in [1.165, 1.54) is 0 Å². The SMILES string of the molecule is CCn1c(-c2ccc(OCC#N)cc2C)ccc(Cl)c1=O. The lowest BCUT2D eigenvalue weighted by molar-refractivity contribution is 0.368. The lowest BCUT2D eigenvalue weighted by atomic mass is 10.0. The van der Waals surface area contributed by atoms with Crippen molar-refractivity contribution < 1.29 is 4.74 Å². The van der Waals surface area contributed by atoms with Gasteiger partial charge >= 0.3 is 0 Å². The molecular weight excluding hydrogens is 288 g/mol. The van der Waals surface area contributed by atoms with Crippen molar-refractivity contribution in [1.29, 1.82) is 5.26 Å². The summed E-state index contributed by atoms with van der Waals surface area (Å²) in [5.41, 5.74) is 2.53. The van der Waals surface area contributed by atoms with Gasteiger partial charge in [0.05, 0.1) is 5.69 Å². The zero-order chi connectivity index (χ0) is 15.4. The first-order valence-electron chi connectivity index (χ1n) is 6.58. The average molecular weight is 303 g/mol. The van der Waals surface area contributed by atoms with E-state index in [4.69, 9.17) is 21.6 Å². The van der Waals surface area contributed by atoms with E-state index in [9.17, 15) is 4.79 Å². The van der Waals surface area contributed by atoms with Crippen LogP contribution in [0.2, 0.25) is 5.02 Å². The quantitative estimate of drug-likeness (QED) is 0.870. The standard InChI is InChI=1S/C16H15ClN2O2/c1-3-19-15(7-6-14(17)16(19)20)13-5-4-12(10-11(13)2)21-9-8-18/h4-7,10H,3,9H2,1-2H3. The molecule has 0 saturated heterocycles. The van der Waals surface area contributed by atoms with Crippen LogP contribution in [0.15, 0.2) is 35.1 Å². The first-order valence-corrected chi connectivity index (χ1v) is 6.96. The number of hydrogen-bond donors (Lipinski definition) is 0. The number of ether oxygens (including phenoxy) is 1. The molecule has 0 unspecified atom stereocenters. The Morgan fingerprint density at radius 1 is 1.33 bits per heavy atom. The van der Waals surface area contributed by atoms with E-state index >= 15 is 0 Å². The van der Waals surface area contributed by atoms with Crippen LogP contribution < -0.4 is 10.3 Å². The van der Waals surface area contributed by atoms with Gasteiger partial charge in [0.25, 0.3) is 5.56 Å². The number of nitriles is 1. The fourth-order valence-electron chi connectivity index (χ4n) is 2.23. The van der Waals surface area contributed by atoms with Crippen LogP contribution >= 0.6 is 11.6 Å². The molecule has 0 atom stereocenters. The Morgan fingerprint density at radius 2 is 2.10 bits per heavy atom. The van der Waals surface area contributed by atoms with Crippen LogP contribution in [0.25, 0.3) is 11.3 Å². The molecule has 1 aromatic carbocycles. The summed E-state index contributed by atoms with van der Waals surface area (Å²) in [5.74, 6) is 0.636. The summed E-state index contributed by atoms with van der Waals surface area (Å²) in [7, 11) is 0. The van der Waals surface area contributed by atoms with E-state index in [1.807, 2.05) is 38.1 Å². The molecule has 2 rings (SSSR count). The van der Waals surface area contributed by atoms with E-state index in [2.05, 4.69) is 0 Å². The highest BCUT2D eigenvalue weighted by atomic mass is 35.5. The molecule has 0 saturated carbocycles. The molecular formula is C16H15ClN2O2. The van der Waals surface area contributed by atoms with Gasteiger partial charge in [0.1, 0.15) is 16.8 Å². The number of rotatable bonds is 4. The third-order valence-corrected chi connectivity index (χ3v) is 3.51. The van der Waals surface area contributed by atoms with Gasteiger partial charge in [-0.2, -0.15) is 5.26 Å². The van der Waals surface area contributed by atoms with Gasteiger partial charge in [0.15, 0.2) is 6.61 Å². The lowest BCUT2D eigenvalue weighted by Gasteiger charge is -2.14. The topological polar surface area (TPSA) is 55.0 Å². The number of hydrogen-bond acceptors (Lipinski definition) is 3. The number of aromatic nitrogens is 1. The molecule has 1 heterocycles. The fraction of sp³-hybridized carbons (Fsp3) is 0.250. The number of nitrogens with zero attached hydrogens (tertiary/aromatic N) is 2. The van der Waals surface area contributed by atoms with Crippen LogP contribution in [0, 0.1) is 18.3 Å². The van der Waals surface area contributed by atoms with Crippen LogP contribution in [0.1, 0.15) is 12.5 Å². The van der Waals surface area contributed by atoms with Crippen molar-refractivity contribution in [3.05, 3.63) is 51.3 Å². The molecule has 5 heteroatoms. The van der Waals surface area contributed by atoms with Crippen LogP contribution in [-0.2, 0) is 6.54 Å². The van der Waals surface area contributed by atoms with Gasteiger partial charge in [-0.3, -0.25) is 4.79 Å². The second kappa shape index (κ2) is 6.47. The van der Waals surface area contributed by atoms with Crippen molar-refractivity contribution in [2.45, 2.75) is 20.4 Å². The Kier molecular flexibility index (Phi) is 4.66. The fourth-order valence-corrected chi connectivity index (χ4v) is 2.39. The molecule has 108 valence electrons. The van der Waals surface area contributed by atoms with Crippen LogP contribution in [0.3, 0.4) is 0 Å². The number of benzene rings is 1. The molecule has 0 bridgehead atoms. The Hall–Kier alpha value is -2.25. The Balaban J connectivity index is 2.51. The molecule has 4 nitrogen and oxygen atoms in total. The predicted octanol–water partition coefficient (Wildman–Crippen LogP) is 3.40. The van der Waals surface area contributed by atoms with Gasteiger partial charge in [-0.1, -0.05) is 11.6 Å². The number of aryl methyl sites for hydroxylation is 1. The number of pyridine rings is 1. The molecule has 0 aliphatic carbocycles. The van der Waals surface area contributed by atoms with Gasteiger partial charge in [-0.25, -0.2) is 0 Å². The van der Waals surface area contributed by atoms with E-state index < -0.39 is 0 Å². The van der Waals surface area contributed by atoms with Gasteiger partial charge in [0, 0.05) is 12.1 Å². The Labute approximate surface area is 128 Å². The molecule has 0 amide bonds. The maximum Gasteiger partial charge on any atom is 0.269 e. The van der Waals surface area contributed by atoms with Crippen LogP contribution in [0.4, 0.5) is 0 Å². The molecule has 0 spiro atoms. The highest BCUT2D eigenvalue weighted by Crippen LogP contribution is 2.27. The molecule has 0 aliphatic rings. The summed E-state index contributed by atoms with van der Waals surface area (Å²) in [4.78, 5) is 12.1. The maximum absolute atomic E-state index is 12.1. The summed E-state index contributed by atoms with van der Waals surface area (Å²) in [5, 5.41) is 8.74. The monoisotopic (exact) mass is 302 g/mol. The van der Waals surface area contributed by atoms with Crippen LogP contribution in [0.5, 0.6) is 5.75 Å². The summed E-state index contributed by atoms with van der Waals surface area (Å²) >= 11 is 5.89. The van der Waals surface area contributed by atoms with E-state index in [0.717, 1.165) is 16.8 Å². The minimum atomic E-state index is -0.194. The van der Waals surface area contributed by atoms with E-state index in [1.54, 1.807) is 16.7 Å². The summed E-state index contributed by atoms with van der Waals surface area (Å²) < 4.78 is 6.91. The van der Waals surface area contributed by atoms with Crippen molar-refractivity contribution in [3.63, 3.8) is 0 Å². The third-order valence-electron chi connectivity index (χ3n) is 3.22. The third kappa shape index (κ3) is 3.09. The van der Waals surface area contributed by atoms with Crippen molar-refractivity contribution >= 4 is 11.6 Å². The molecule has 2 aromatic rings. The summed E-state index contributed by atoms with van der Waals surface area (Å²) in [6.07, 6.45) is 0. The number of halogens is 1. The largest absolute Gasteiger partial charge is 0.479 e. The Morgan fingerprint density at radius 3 is 2.71 bits per heavy atom. The van der Waals surface area contributed by atoms with Crippen molar-refractivity contribution in [3.8, 4) is 23.1 Å². The van der Waals surface area contributed by atoms with E-state index in [-0.39, 0.29) is 17.2 Å². The smallest absolute Gasteiger partial charge is 0.269 e. The first kappa shape index (κ1) is 15.1. The van der Waals surface area contributed by atoms with Gasteiger partial charge < -0.3 is 9.30 Å². The summed E-state index contributed by atoms with van der Waals surface area (Å²) in [6, 6.07) is 10.9. The summed E-state index contributed by atoms with van der Waals surface area (Å²) in [6.45, 7) is 4.40. The minimum Gasteiger partial charge on any atom is -0.479 e. The van der Waals surface area contributed by atoms with Crippen molar-refractivity contribution in [2.75, 3.05) is 6.61 Å². The van der Waals surface area contributed by atoms with Gasteiger partial charge in [-0.15, -0.1) is 0 Å². The molecule has 1 aromatic heterocycles. The predicted molar refractivity (Wildman–Crippen MR) is 82.7 cm³/mol. The molecule has 0 fully saturated rings. The molecule has 0 radical (unpaired) electrons.